The van der Waals surface area contributed by atoms with Gasteiger partial charge in [-0.3, -0.25) is 4.79 Å². The van der Waals surface area contributed by atoms with Crippen LogP contribution in [0.2, 0.25) is 0 Å². The number of carbonyl (C=O) groups is 1. The summed E-state index contributed by atoms with van der Waals surface area (Å²) >= 11 is 0. The number of anilines is 2. The molecule has 4 aromatic rings. The van der Waals surface area contributed by atoms with Crippen molar-refractivity contribution < 1.29 is 13.9 Å². The number of benzene rings is 3. The van der Waals surface area contributed by atoms with Gasteiger partial charge < -0.3 is 19.8 Å². The van der Waals surface area contributed by atoms with Gasteiger partial charge in [-0.25, -0.2) is 4.79 Å². The van der Waals surface area contributed by atoms with Crippen molar-refractivity contribution in [3.05, 3.63) is 100 Å². The SMILES string of the molecule is Cc1ccc(OCC(=O)Nc2c(NCc3ccccc3)c3ccccc3oc2=O)cc1. The van der Waals surface area contributed by atoms with Gasteiger partial charge in [0.1, 0.15) is 11.3 Å². The number of hydrogen-bond acceptors (Lipinski definition) is 5. The highest BCUT2D eigenvalue weighted by Crippen LogP contribution is 2.29. The van der Waals surface area contributed by atoms with Gasteiger partial charge in [0.15, 0.2) is 12.3 Å². The predicted molar refractivity (Wildman–Crippen MR) is 122 cm³/mol. The third kappa shape index (κ3) is 4.93. The monoisotopic (exact) mass is 414 g/mol. The number of ether oxygens (including phenoxy) is 1. The van der Waals surface area contributed by atoms with Gasteiger partial charge in [0.2, 0.25) is 0 Å². The molecule has 1 aromatic heterocycles. The molecule has 0 spiro atoms. The molecular weight excluding hydrogens is 392 g/mol. The Kier molecular flexibility index (Phi) is 5.98. The highest BCUT2D eigenvalue weighted by Gasteiger charge is 2.17. The number of nitrogens with one attached hydrogen (secondary N) is 2. The Morgan fingerprint density at radius 2 is 1.61 bits per heavy atom. The van der Waals surface area contributed by atoms with E-state index in [0.29, 0.717) is 29.0 Å². The minimum absolute atomic E-state index is 0.0622. The molecule has 0 saturated heterocycles. The lowest BCUT2D eigenvalue weighted by molar-refractivity contribution is -0.118. The fourth-order valence-electron chi connectivity index (χ4n) is 3.19. The van der Waals surface area contributed by atoms with E-state index >= 15 is 0 Å². The molecule has 1 amide bonds. The summed E-state index contributed by atoms with van der Waals surface area (Å²) in [6.07, 6.45) is 0. The van der Waals surface area contributed by atoms with Crippen LogP contribution < -0.4 is 21.0 Å². The van der Waals surface area contributed by atoms with Gasteiger partial charge in [-0.15, -0.1) is 0 Å². The molecule has 4 rings (SSSR count). The van der Waals surface area contributed by atoms with E-state index < -0.39 is 11.5 Å². The molecule has 0 atom stereocenters. The molecular formula is C25H22N2O4. The van der Waals surface area contributed by atoms with Gasteiger partial charge in [0.05, 0.1) is 5.69 Å². The maximum atomic E-state index is 12.7. The largest absolute Gasteiger partial charge is 0.484 e. The number of hydrogen-bond donors (Lipinski definition) is 2. The number of fused-ring (bicyclic) bond motifs is 1. The van der Waals surface area contributed by atoms with Crippen LogP contribution in [0.25, 0.3) is 11.0 Å². The second-order valence-corrected chi connectivity index (χ2v) is 7.12. The van der Waals surface area contributed by atoms with Crippen molar-refractivity contribution in [2.45, 2.75) is 13.5 Å². The van der Waals surface area contributed by atoms with Crippen LogP contribution >= 0.6 is 0 Å². The third-order valence-electron chi connectivity index (χ3n) is 4.78. The summed E-state index contributed by atoms with van der Waals surface area (Å²) in [6.45, 7) is 2.23. The summed E-state index contributed by atoms with van der Waals surface area (Å²) in [5.74, 6) is 0.125. The minimum atomic E-state index is -0.627. The van der Waals surface area contributed by atoms with Crippen molar-refractivity contribution in [1.29, 1.82) is 0 Å². The third-order valence-corrected chi connectivity index (χ3v) is 4.78. The molecule has 6 nitrogen and oxygen atoms in total. The summed E-state index contributed by atoms with van der Waals surface area (Å²) in [4.78, 5) is 25.2. The molecule has 31 heavy (non-hydrogen) atoms. The van der Waals surface area contributed by atoms with Gasteiger partial charge in [0.25, 0.3) is 5.91 Å². The van der Waals surface area contributed by atoms with Gasteiger partial charge >= 0.3 is 5.63 Å². The number of carbonyl (C=O) groups excluding carboxylic acids is 1. The number of para-hydroxylation sites is 1. The summed E-state index contributed by atoms with van der Waals surface area (Å²) in [5.41, 5.74) is 2.53. The summed E-state index contributed by atoms with van der Waals surface area (Å²) in [7, 11) is 0. The van der Waals surface area contributed by atoms with E-state index in [9.17, 15) is 9.59 Å². The Labute approximate surface area is 179 Å². The van der Waals surface area contributed by atoms with Crippen LogP contribution in [0, 0.1) is 6.92 Å². The molecule has 6 heteroatoms. The molecule has 0 aliphatic carbocycles. The Bertz CT molecular complexity index is 1250. The van der Waals surface area contributed by atoms with Crippen LogP contribution in [-0.4, -0.2) is 12.5 Å². The van der Waals surface area contributed by atoms with E-state index in [1.807, 2.05) is 61.5 Å². The van der Waals surface area contributed by atoms with Gasteiger partial charge in [-0.1, -0.05) is 60.2 Å². The van der Waals surface area contributed by atoms with Crippen LogP contribution in [0.15, 0.2) is 88.1 Å². The molecule has 0 fully saturated rings. The van der Waals surface area contributed by atoms with E-state index in [1.165, 1.54) is 0 Å². The zero-order valence-electron chi connectivity index (χ0n) is 17.1. The van der Waals surface area contributed by atoms with Crippen molar-refractivity contribution in [2.75, 3.05) is 17.2 Å². The van der Waals surface area contributed by atoms with Crippen LogP contribution in [0.5, 0.6) is 5.75 Å². The maximum absolute atomic E-state index is 12.7. The van der Waals surface area contributed by atoms with E-state index in [-0.39, 0.29) is 12.3 Å². The highest BCUT2D eigenvalue weighted by atomic mass is 16.5. The highest BCUT2D eigenvalue weighted by molar-refractivity contribution is 6.02. The number of amides is 1. The van der Waals surface area contributed by atoms with Crippen molar-refractivity contribution in [3.8, 4) is 5.75 Å². The fraction of sp³-hybridized carbons (Fsp3) is 0.120. The van der Waals surface area contributed by atoms with E-state index in [2.05, 4.69) is 10.6 Å². The quantitative estimate of drug-likeness (QED) is 0.427. The van der Waals surface area contributed by atoms with Crippen molar-refractivity contribution in [2.24, 2.45) is 0 Å². The van der Waals surface area contributed by atoms with Gasteiger partial charge in [0, 0.05) is 11.9 Å². The van der Waals surface area contributed by atoms with Crippen LogP contribution in [0.4, 0.5) is 11.4 Å². The molecule has 0 unspecified atom stereocenters. The molecule has 0 radical (unpaired) electrons. The topological polar surface area (TPSA) is 80.6 Å². The van der Waals surface area contributed by atoms with E-state index in [0.717, 1.165) is 11.1 Å². The van der Waals surface area contributed by atoms with Crippen LogP contribution in [0.1, 0.15) is 11.1 Å². The Balaban J connectivity index is 1.58. The molecule has 156 valence electrons. The van der Waals surface area contributed by atoms with Crippen molar-refractivity contribution in [3.63, 3.8) is 0 Å². The zero-order valence-corrected chi connectivity index (χ0v) is 17.1. The lowest BCUT2D eigenvalue weighted by Gasteiger charge is -2.15. The first-order chi connectivity index (χ1) is 15.1. The zero-order chi connectivity index (χ0) is 21.6. The van der Waals surface area contributed by atoms with E-state index in [4.69, 9.17) is 9.15 Å². The summed E-state index contributed by atoms with van der Waals surface area (Å²) in [6, 6.07) is 24.4. The molecule has 2 N–H and O–H groups in total. The second kappa shape index (κ2) is 9.17. The summed E-state index contributed by atoms with van der Waals surface area (Å²) < 4.78 is 10.9. The Morgan fingerprint density at radius 3 is 2.39 bits per heavy atom. The maximum Gasteiger partial charge on any atom is 0.362 e. The molecule has 0 aliphatic rings. The lowest BCUT2D eigenvalue weighted by Crippen LogP contribution is -2.25. The molecule has 0 bridgehead atoms. The second-order valence-electron chi connectivity index (χ2n) is 7.12. The first-order valence-electron chi connectivity index (χ1n) is 9.93. The van der Waals surface area contributed by atoms with Gasteiger partial charge in [-0.2, -0.15) is 0 Å². The van der Waals surface area contributed by atoms with Crippen molar-refractivity contribution >= 4 is 28.3 Å². The molecule has 0 aliphatic heterocycles. The van der Waals surface area contributed by atoms with Crippen molar-refractivity contribution in [1.82, 2.24) is 0 Å². The first-order valence-corrected chi connectivity index (χ1v) is 9.93. The Morgan fingerprint density at radius 1 is 0.903 bits per heavy atom. The first kappa shape index (κ1) is 20.2. The van der Waals surface area contributed by atoms with Gasteiger partial charge in [-0.05, 0) is 36.8 Å². The smallest absolute Gasteiger partial charge is 0.362 e. The minimum Gasteiger partial charge on any atom is -0.484 e. The molecule has 0 saturated carbocycles. The number of rotatable bonds is 7. The predicted octanol–water partition coefficient (Wildman–Crippen LogP) is 4.73. The van der Waals surface area contributed by atoms with Crippen LogP contribution in [-0.2, 0) is 11.3 Å². The number of aryl methyl sites for hydroxylation is 1. The standard InChI is InChI=1S/C25H22N2O4/c1-17-11-13-19(14-12-17)30-16-22(28)27-24-23(26-15-18-7-3-2-4-8-18)20-9-5-6-10-21(20)31-25(24)29/h2-14,26H,15-16H2,1H3,(H,27,28). The molecule has 3 aromatic carbocycles. The van der Waals surface area contributed by atoms with E-state index in [1.54, 1.807) is 24.3 Å². The average molecular weight is 414 g/mol. The average Bonchev–Trinajstić information content (AvgIpc) is 2.79. The summed E-state index contributed by atoms with van der Waals surface area (Å²) in [5, 5.41) is 6.64. The lowest BCUT2D eigenvalue weighted by atomic mass is 10.1. The fourth-order valence-corrected chi connectivity index (χ4v) is 3.19. The Hall–Kier alpha value is -4.06. The normalized spacial score (nSPS) is 10.6. The molecule has 1 heterocycles. The van der Waals surface area contributed by atoms with Crippen LogP contribution in [0.3, 0.4) is 0 Å².